The monoisotopic (exact) mass is 314 g/mol. The van der Waals surface area contributed by atoms with Crippen LogP contribution in [0.25, 0.3) is 10.9 Å². The van der Waals surface area contributed by atoms with Crippen molar-refractivity contribution in [3.05, 3.63) is 35.5 Å². The lowest BCUT2D eigenvalue weighted by Crippen LogP contribution is -2.52. The zero-order valence-corrected chi connectivity index (χ0v) is 14.4. The third kappa shape index (κ3) is 3.06. The van der Waals surface area contributed by atoms with Crippen LogP contribution in [-0.2, 0) is 4.74 Å². The molecule has 1 aromatic heterocycles. The number of H-pyrrole nitrogens is 1. The molecular weight excluding hydrogens is 288 g/mol. The van der Waals surface area contributed by atoms with Crippen LogP contribution in [0, 0.1) is 6.92 Å². The highest BCUT2D eigenvalue weighted by Crippen LogP contribution is 2.25. The van der Waals surface area contributed by atoms with E-state index in [0.717, 1.165) is 41.7 Å². The molecule has 0 aliphatic carbocycles. The van der Waals surface area contributed by atoms with Gasteiger partial charge in [-0.25, -0.2) is 0 Å². The molecule has 124 valence electrons. The Balaban J connectivity index is 1.88. The molecule has 2 aromatic rings. The highest BCUT2D eigenvalue weighted by molar-refractivity contribution is 6.11. The number of nitrogens with zero attached hydrogens (tertiary/aromatic N) is 1. The number of rotatable bonds is 4. The minimum Gasteiger partial charge on any atom is -0.373 e. The second kappa shape index (κ2) is 6.46. The van der Waals surface area contributed by atoms with Crippen LogP contribution in [0.5, 0.6) is 0 Å². The first-order chi connectivity index (χ1) is 11.0. The first kappa shape index (κ1) is 16.2. The number of para-hydroxylation sites is 1. The van der Waals surface area contributed by atoms with Crippen molar-refractivity contribution in [2.45, 2.75) is 52.4 Å². The molecule has 3 rings (SSSR count). The van der Waals surface area contributed by atoms with Crippen molar-refractivity contribution in [3.8, 4) is 0 Å². The van der Waals surface area contributed by atoms with Crippen LogP contribution in [0.3, 0.4) is 0 Å². The van der Waals surface area contributed by atoms with E-state index in [2.05, 4.69) is 23.7 Å². The molecule has 1 fully saturated rings. The second-order valence-electron chi connectivity index (χ2n) is 6.64. The number of carbonyl (C=O) groups excluding carboxylic acids is 1. The zero-order chi connectivity index (χ0) is 16.6. The fourth-order valence-corrected chi connectivity index (χ4v) is 3.59. The molecule has 0 spiro atoms. The Morgan fingerprint density at radius 3 is 2.87 bits per heavy atom. The molecule has 1 saturated heterocycles. The van der Waals surface area contributed by atoms with Gasteiger partial charge >= 0.3 is 0 Å². The Morgan fingerprint density at radius 1 is 1.39 bits per heavy atom. The molecule has 3 unspecified atom stereocenters. The third-order valence-electron chi connectivity index (χ3n) is 4.88. The van der Waals surface area contributed by atoms with E-state index in [4.69, 9.17) is 4.74 Å². The van der Waals surface area contributed by atoms with Gasteiger partial charge in [-0.3, -0.25) is 9.69 Å². The summed E-state index contributed by atoms with van der Waals surface area (Å²) in [6.45, 7) is 9.87. The van der Waals surface area contributed by atoms with Crippen LogP contribution in [0.2, 0.25) is 0 Å². The highest BCUT2D eigenvalue weighted by atomic mass is 16.5. The van der Waals surface area contributed by atoms with E-state index < -0.39 is 0 Å². The molecule has 4 nitrogen and oxygen atoms in total. The van der Waals surface area contributed by atoms with E-state index >= 15 is 0 Å². The molecule has 1 aliphatic rings. The summed E-state index contributed by atoms with van der Waals surface area (Å²) in [5, 5.41) is 1.02. The maximum absolute atomic E-state index is 13.1. The van der Waals surface area contributed by atoms with E-state index in [0.29, 0.717) is 0 Å². The van der Waals surface area contributed by atoms with Gasteiger partial charge in [-0.2, -0.15) is 0 Å². The van der Waals surface area contributed by atoms with Crippen molar-refractivity contribution >= 4 is 16.7 Å². The molecule has 0 bridgehead atoms. The fraction of sp³-hybridized carbons (Fsp3) is 0.526. The third-order valence-corrected chi connectivity index (χ3v) is 4.88. The topological polar surface area (TPSA) is 45.3 Å². The SMILES string of the molecule is CCC1CN(C(C)C(=O)c2c(C)[nH]c3ccccc23)CC(C)O1. The molecule has 1 aromatic carbocycles. The van der Waals surface area contributed by atoms with E-state index in [1.54, 1.807) is 0 Å². The first-order valence-corrected chi connectivity index (χ1v) is 8.52. The molecule has 0 radical (unpaired) electrons. The second-order valence-corrected chi connectivity index (χ2v) is 6.64. The number of nitrogens with one attached hydrogen (secondary N) is 1. The Hall–Kier alpha value is -1.65. The molecule has 1 N–H and O–H groups in total. The highest BCUT2D eigenvalue weighted by Gasteiger charge is 2.32. The van der Waals surface area contributed by atoms with Crippen LogP contribution < -0.4 is 0 Å². The fourth-order valence-electron chi connectivity index (χ4n) is 3.59. The maximum Gasteiger partial charge on any atom is 0.182 e. The summed E-state index contributed by atoms with van der Waals surface area (Å²) in [6.07, 6.45) is 1.37. The number of ether oxygens (including phenoxy) is 1. The van der Waals surface area contributed by atoms with Crippen molar-refractivity contribution in [2.75, 3.05) is 13.1 Å². The molecule has 4 heteroatoms. The average Bonchev–Trinajstić information content (AvgIpc) is 2.88. The summed E-state index contributed by atoms with van der Waals surface area (Å²) >= 11 is 0. The summed E-state index contributed by atoms with van der Waals surface area (Å²) < 4.78 is 5.92. The van der Waals surface area contributed by atoms with Gasteiger partial charge in [0.2, 0.25) is 0 Å². The van der Waals surface area contributed by atoms with Gasteiger partial charge in [0, 0.05) is 35.2 Å². The van der Waals surface area contributed by atoms with Gasteiger partial charge in [0.25, 0.3) is 0 Å². The largest absolute Gasteiger partial charge is 0.373 e. The Labute approximate surface area is 137 Å². The van der Waals surface area contributed by atoms with Crippen LogP contribution in [-0.4, -0.2) is 47.0 Å². The quantitative estimate of drug-likeness (QED) is 0.878. The van der Waals surface area contributed by atoms with Crippen LogP contribution in [0.1, 0.15) is 43.2 Å². The Kier molecular flexibility index (Phi) is 4.55. The number of aromatic nitrogens is 1. The zero-order valence-electron chi connectivity index (χ0n) is 14.4. The summed E-state index contributed by atoms with van der Waals surface area (Å²) in [4.78, 5) is 18.7. The van der Waals surface area contributed by atoms with E-state index in [1.165, 1.54) is 0 Å². The smallest absolute Gasteiger partial charge is 0.182 e. The number of aromatic amines is 1. The Bertz CT molecular complexity index is 706. The van der Waals surface area contributed by atoms with Crippen molar-refractivity contribution in [3.63, 3.8) is 0 Å². The lowest BCUT2D eigenvalue weighted by molar-refractivity contribution is -0.0836. The van der Waals surface area contributed by atoms with Crippen molar-refractivity contribution in [2.24, 2.45) is 0 Å². The first-order valence-electron chi connectivity index (χ1n) is 8.52. The summed E-state index contributed by atoms with van der Waals surface area (Å²) in [7, 11) is 0. The molecule has 23 heavy (non-hydrogen) atoms. The number of hydrogen-bond donors (Lipinski definition) is 1. The van der Waals surface area contributed by atoms with Gasteiger partial charge in [0.1, 0.15) is 0 Å². The standard InChI is InChI=1S/C19H26N2O2/c1-5-15-11-21(10-12(2)23-15)14(4)19(22)18-13(3)20-17-9-7-6-8-16(17)18/h6-9,12,14-15,20H,5,10-11H2,1-4H3. The number of Topliss-reactive ketones (excluding diaryl/α,β-unsaturated/α-hetero) is 1. The van der Waals surface area contributed by atoms with E-state index in [9.17, 15) is 4.79 Å². The molecule has 1 aliphatic heterocycles. The van der Waals surface area contributed by atoms with E-state index in [1.807, 2.05) is 38.1 Å². The lowest BCUT2D eigenvalue weighted by atomic mass is 9.99. The number of fused-ring (bicyclic) bond motifs is 1. The average molecular weight is 314 g/mol. The number of morpholine rings is 1. The van der Waals surface area contributed by atoms with Gasteiger partial charge in [0.15, 0.2) is 5.78 Å². The molecule has 2 heterocycles. The predicted molar refractivity (Wildman–Crippen MR) is 93.0 cm³/mol. The van der Waals surface area contributed by atoms with E-state index in [-0.39, 0.29) is 24.0 Å². The number of benzene rings is 1. The maximum atomic E-state index is 13.1. The number of carbonyl (C=O) groups is 1. The van der Waals surface area contributed by atoms with Crippen LogP contribution in [0.15, 0.2) is 24.3 Å². The normalized spacial score (nSPS) is 24.0. The summed E-state index contributed by atoms with van der Waals surface area (Å²) in [5.41, 5.74) is 2.82. The summed E-state index contributed by atoms with van der Waals surface area (Å²) in [6, 6.07) is 7.89. The van der Waals surface area contributed by atoms with Gasteiger partial charge in [0.05, 0.1) is 18.2 Å². The van der Waals surface area contributed by atoms with Gasteiger partial charge < -0.3 is 9.72 Å². The molecular formula is C19H26N2O2. The van der Waals surface area contributed by atoms with Crippen molar-refractivity contribution in [1.29, 1.82) is 0 Å². The molecule has 0 amide bonds. The molecule has 0 saturated carbocycles. The lowest BCUT2D eigenvalue weighted by Gasteiger charge is -2.39. The number of hydrogen-bond acceptors (Lipinski definition) is 3. The summed E-state index contributed by atoms with van der Waals surface area (Å²) in [5.74, 6) is 0.198. The number of ketones is 1. The van der Waals surface area contributed by atoms with Crippen molar-refractivity contribution < 1.29 is 9.53 Å². The van der Waals surface area contributed by atoms with Crippen LogP contribution >= 0.6 is 0 Å². The number of aryl methyl sites for hydroxylation is 1. The predicted octanol–water partition coefficient (Wildman–Crippen LogP) is 3.55. The van der Waals surface area contributed by atoms with Crippen molar-refractivity contribution in [1.82, 2.24) is 9.88 Å². The Morgan fingerprint density at radius 2 is 2.13 bits per heavy atom. The van der Waals surface area contributed by atoms with Gasteiger partial charge in [-0.1, -0.05) is 25.1 Å². The van der Waals surface area contributed by atoms with Crippen LogP contribution in [0.4, 0.5) is 0 Å². The molecule has 3 atom stereocenters. The van der Waals surface area contributed by atoms with Gasteiger partial charge in [-0.15, -0.1) is 0 Å². The van der Waals surface area contributed by atoms with Gasteiger partial charge in [-0.05, 0) is 33.3 Å². The minimum absolute atomic E-state index is 0.131. The minimum atomic E-state index is -0.131.